The van der Waals surface area contributed by atoms with E-state index in [1.54, 1.807) is 0 Å². The Bertz CT molecular complexity index is 1960. The molecule has 0 atom stereocenters. The van der Waals surface area contributed by atoms with Crippen molar-refractivity contribution >= 4 is 62.1 Å². The van der Waals surface area contributed by atoms with Gasteiger partial charge in [0, 0.05) is 19.0 Å². The molecular formula is C48H58Cl2Si2Zr2. The molecule has 0 aliphatic rings. The van der Waals surface area contributed by atoms with E-state index in [0.29, 0.717) is 11.8 Å². The summed E-state index contributed by atoms with van der Waals surface area (Å²) in [5, 5.41) is 11.0. The summed E-state index contributed by atoms with van der Waals surface area (Å²) in [6, 6.07) is 51.5. The Hall–Kier alpha value is -1.90. The van der Waals surface area contributed by atoms with Gasteiger partial charge in [0.25, 0.3) is 0 Å². The van der Waals surface area contributed by atoms with Crippen LogP contribution >= 0.6 is 0 Å². The summed E-state index contributed by atoms with van der Waals surface area (Å²) in [6.07, 6.45) is 0. The fraction of sp³-hybridized carbons (Fsp3) is 0.250. The first-order valence-electron chi connectivity index (χ1n) is 18.1. The molecule has 0 aliphatic carbocycles. The van der Waals surface area contributed by atoms with Gasteiger partial charge in [-0.2, -0.15) is 34.4 Å². The molecule has 0 unspecified atom stereocenters. The van der Waals surface area contributed by atoms with Crippen molar-refractivity contribution in [2.75, 3.05) is 0 Å². The van der Waals surface area contributed by atoms with Gasteiger partial charge in [-0.25, -0.2) is 0 Å². The van der Waals surface area contributed by atoms with Gasteiger partial charge in [-0.05, 0) is 0 Å². The number of aryl methyl sites for hydroxylation is 2. The molecule has 8 aromatic carbocycles. The molecule has 0 nitrogen and oxygen atoms in total. The maximum atomic E-state index is 2.24. The van der Waals surface area contributed by atoms with Crippen LogP contribution in [0.15, 0.2) is 146 Å². The van der Waals surface area contributed by atoms with Crippen LogP contribution in [0.4, 0.5) is 0 Å². The van der Waals surface area contributed by atoms with Crippen LogP contribution < -0.4 is 24.8 Å². The number of hydrogen-bond donors (Lipinski definition) is 0. The third-order valence-corrected chi connectivity index (χ3v) is 8.47. The topological polar surface area (TPSA) is 0 Å². The molecule has 0 amide bonds. The number of fused-ring (bicyclic) bond motifs is 4. The van der Waals surface area contributed by atoms with Crippen LogP contribution in [0.1, 0.15) is 61.8 Å². The first kappa shape index (κ1) is 54.2. The summed E-state index contributed by atoms with van der Waals surface area (Å²) in [7, 11) is 1.50. The van der Waals surface area contributed by atoms with Crippen molar-refractivity contribution in [3.8, 4) is 0 Å². The third kappa shape index (κ3) is 16.3. The maximum Gasteiger partial charge on any atom is 3.00 e. The normalized spacial score (nSPS) is 9.56. The predicted molar refractivity (Wildman–Crippen MR) is 234 cm³/mol. The molecule has 0 fully saturated rings. The Kier molecular flexibility index (Phi) is 29.5. The first-order chi connectivity index (χ1) is 24.2. The van der Waals surface area contributed by atoms with Gasteiger partial charge in [-0.3, -0.25) is 0 Å². The van der Waals surface area contributed by atoms with Crippen molar-refractivity contribution in [1.29, 1.82) is 0 Å². The second kappa shape index (κ2) is 29.4. The van der Waals surface area contributed by atoms with Crippen molar-refractivity contribution < 1.29 is 77.2 Å². The summed E-state index contributed by atoms with van der Waals surface area (Å²) in [5.74, 6) is 1.26. The zero-order valence-electron chi connectivity index (χ0n) is 33.9. The minimum Gasteiger partial charge on any atom is -1.00 e. The predicted octanol–water partition coefficient (Wildman–Crippen LogP) is 8.14. The number of rotatable bonds is 2. The van der Waals surface area contributed by atoms with Crippen molar-refractivity contribution in [3.63, 3.8) is 0 Å². The average Bonchev–Trinajstić information content (AvgIpc) is 3.92. The second-order valence-corrected chi connectivity index (χ2v) is 15.7. The van der Waals surface area contributed by atoms with Crippen LogP contribution in [0.2, 0.25) is 26.2 Å². The van der Waals surface area contributed by atoms with E-state index in [2.05, 4.69) is 213 Å². The van der Waals surface area contributed by atoms with Gasteiger partial charge < -0.3 is 24.8 Å². The first-order valence-corrected chi connectivity index (χ1v) is 22.8. The van der Waals surface area contributed by atoms with Crippen molar-refractivity contribution in [3.05, 3.63) is 168 Å². The Balaban J connectivity index is 0. The molecule has 0 saturated carbocycles. The molecule has 0 aromatic heterocycles. The van der Waals surface area contributed by atoms with Crippen LogP contribution in [0.3, 0.4) is 0 Å². The molecule has 280 valence electrons. The van der Waals surface area contributed by atoms with Gasteiger partial charge in [-0.1, -0.05) is 104 Å². The molecule has 54 heavy (non-hydrogen) atoms. The summed E-state index contributed by atoms with van der Waals surface area (Å²) >= 11 is 0. The largest absolute Gasteiger partial charge is 3.00 e. The number of benzene rings is 4. The zero-order chi connectivity index (χ0) is 36.5. The summed E-state index contributed by atoms with van der Waals surface area (Å²) in [5.41, 5.74) is 5.67. The molecule has 0 saturated heterocycles. The molecule has 0 bridgehead atoms. The van der Waals surface area contributed by atoms with Gasteiger partial charge in [0.2, 0.25) is 0 Å². The van der Waals surface area contributed by atoms with Crippen LogP contribution in [0, 0.1) is 13.8 Å². The molecular weight excluding hydrogens is 886 g/mol. The van der Waals surface area contributed by atoms with Crippen LogP contribution in [-0.4, -0.2) is 19.0 Å². The third-order valence-electron chi connectivity index (χ3n) is 8.47. The minimum absolute atomic E-state index is 0. The van der Waals surface area contributed by atoms with Crippen molar-refractivity contribution in [2.24, 2.45) is 0 Å². The Morgan fingerprint density at radius 3 is 0.870 bits per heavy atom. The van der Waals surface area contributed by atoms with Crippen LogP contribution in [-0.2, 0) is 52.4 Å². The molecule has 0 N–H and O–H groups in total. The molecule has 0 heterocycles. The van der Waals surface area contributed by atoms with Crippen LogP contribution in [0.25, 0.3) is 43.1 Å². The minimum atomic E-state index is 0. The van der Waals surface area contributed by atoms with E-state index in [1.165, 1.54) is 65.3 Å². The molecule has 0 spiro atoms. The van der Waals surface area contributed by atoms with E-state index < -0.39 is 0 Å². The van der Waals surface area contributed by atoms with E-state index >= 15 is 0 Å². The fourth-order valence-corrected chi connectivity index (χ4v) is 5.97. The van der Waals surface area contributed by atoms with Gasteiger partial charge in [0.15, 0.2) is 0 Å². The molecule has 0 aliphatic heterocycles. The van der Waals surface area contributed by atoms with Gasteiger partial charge >= 0.3 is 52.4 Å². The summed E-state index contributed by atoms with van der Waals surface area (Å²) in [6.45, 7) is 22.1. The van der Waals surface area contributed by atoms with E-state index in [-0.39, 0.29) is 77.2 Å². The van der Waals surface area contributed by atoms with Crippen LogP contribution in [0.5, 0.6) is 0 Å². The molecule has 8 aromatic rings. The SMILES string of the molecule is CC(C)c1c[cH-]c2ccccc12.CC(C)c1c[cH-]c2ccccc12.C[SiH]C.C[SiH]C.Cc1c[cH-]c2ccccc12.Cc1c[cH-]c2ccccc12.[Cl-].[Cl-].[Zr+3].[Zr+3]. The fourth-order valence-electron chi connectivity index (χ4n) is 5.97. The average molecular weight is 945 g/mol. The molecule has 6 heteroatoms. The monoisotopic (exact) mass is 940 g/mol. The molecule has 8 rings (SSSR count). The van der Waals surface area contributed by atoms with E-state index in [9.17, 15) is 0 Å². The smallest absolute Gasteiger partial charge is 1.00 e. The Labute approximate surface area is 383 Å². The van der Waals surface area contributed by atoms with E-state index in [1.807, 2.05) is 0 Å². The Morgan fingerprint density at radius 2 is 0.611 bits per heavy atom. The van der Waals surface area contributed by atoms with Crippen molar-refractivity contribution in [2.45, 2.75) is 79.6 Å². The zero-order valence-corrected chi connectivity index (χ0v) is 42.7. The van der Waals surface area contributed by atoms with E-state index in [4.69, 9.17) is 0 Å². The van der Waals surface area contributed by atoms with E-state index in [0.717, 1.165) is 19.0 Å². The van der Waals surface area contributed by atoms with Crippen molar-refractivity contribution in [1.82, 2.24) is 0 Å². The summed E-state index contributed by atoms with van der Waals surface area (Å²) in [4.78, 5) is 0. The second-order valence-electron chi connectivity index (χ2n) is 13.4. The number of hydrogen-bond acceptors (Lipinski definition) is 0. The number of halogens is 2. The quantitative estimate of drug-likeness (QED) is 0.121. The van der Waals surface area contributed by atoms with Gasteiger partial charge in [0.05, 0.1) is 0 Å². The Morgan fingerprint density at radius 1 is 0.389 bits per heavy atom. The summed E-state index contributed by atoms with van der Waals surface area (Å²) < 4.78 is 0. The van der Waals surface area contributed by atoms with Gasteiger partial charge in [-0.15, -0.1) is 152 Å². The molecule has 4 radical (unpaired) electrons. The standard InChI is InChI=1S/2C12H13.2C10H9.2C2H7Si.2ClH.2Zr/c2*1-9(2)11-8-7-10-5-3-4-6-12(10)11;2*1-8-6-7-9-4-2-3-5-10(8)9;2*1-3-2;;;;/h2*3-9H,1-2H3;2*2-7H,1H3;2*3H,1-2H3;2*1H;;/q4*-1;;;;;2*+3/p-2. The van der Waals surface area contributed by atoms with Gasteiger partial charge in [0.1, 0.15) is 0 Å². The maximum absolute atomic E-state index is 2.24.